The highest BCUT2D eigenvalue weighted by Crippen LogP contribution is 2.38. The van der Waals surface area contributed by atoms with Gasteiger partial charge in [0.2, 0.25) is 5.89 Å². The summed E-state index contributed by atoms with van der Waals surface area (Å²) in [5, 5.41) is 3.59. The molecule has 1 unspecified atom stereocenters. The van der Waals surface area contributed by atoms with E-state index in [0.717, 1.165) is 16.1 Å². The molecule has 1 aliphatic rings. The van der Waals surface area contributed by atoms with E-state index in [1.165, 1.54) is 18.4 Å². The molecule has 0 bridgehead atoms. The lowest BCUT2D eigenvalue weighted by Gasteiger charge is -2.37. The Morgan fingerprint density at radius 3 is 2.85 bits per heavy atom. The summed E-state index contributed by atoms with van der Waals surface area (Å²) in [5.74, 6) is 2.33. The molecule has 0 aliphatic heterocycles. The first-order chi connectivity index (χ1) is 9.61. The Morgan fingerprint density at radius 2 is 2.20 bits per heavy atom. The van der Waals surface area contributed by atoms with E-state index in [-0.39, 0.29) is 6.04 Å². The number of halogens is 1. The summed E-state index contributed by atoms with van der Waals surface area (Å²) in [4.78, 5) is 4.28. The van der Waals surface area contributed by atoms with Gasteiger partial charge >= 0.3 is 0 Å². The lowest BCUT2D eigenvalue weighted by Crippen LogP contribution is -2.41. The van der Waals surface area contributed by atoms with Crippen LogP contribution in [0.4, 0.5) is 0 Å². The van der Waals surface area contributed by atoms with Crippen molar-refractivity contribution in [3.63, 3.8) is 0 Å². The molecule has 2 aromatic rings. The predicted molar refractivity (Wildman–Crippen MR) is 82.7 cm³/mol. The molecule has 0 spiro atoms. The van der Waals surface area contributed by atoms with Gasteiger partial charge in [0.15, 0.2) is 0 Å². The Kier molecular flexibility index (Phi) is 3.94. The van der Waals surface area contributed by atoms with Crippen LogP contribution in [0, 0.1) is 6.92 Å². The van der Waals surface area contributed by atoms with Crippen LogP contribution in [-0.2, 0) is 0 Å². The first-order valence-corrected chi connectivity index (χ1v) is 7.85. The zero-order valence-electron chi connectivity index (χ0n) is 11.8. The van der Waals surface area contributed by atoms with Gasteiger partial charge in [0, 0.05) is 10.5 Å². The molecule has 3 nitrogen and oxygen atoms in total. The van der Waals surface area contributed by atoms with Crippen molar-refractivity contribution in [2.75, 3.05) is 0 Å². The number of hydrogen-bond donors (Lipinski definition) is 1. The summed E-state index contributed by atoms with van der Waals surface area (Å²) in [6.07, 6.45) is 4.14. The van der Waals surface area contributed by atoms with Gasteiger partial charge < -0.3 is 9.73 Å². The third kappa shape index (κ3) is 2.96. The molecule has 1 aliphatic carbocycles. The monoisotopic (exact) mass is 334 g/mol. The summed E-state index contributed by atoms with van der Waals surface area (Å²) in [5.41, 5.74) is 1.43. The fraction of sp³-hybridized carbons (Fsp3) is 0.438. The number of nitrogens with one attached hydrogen (secondary N) is 1. The Hall–Kier alpha value is -1.13. The SMILES string of the molecule is Cc1cnc(C(C)NC2CC(c3cccc(Br)c3)C2)o1. The van der Waals surface area contributed by atoms with Gasteiger partial charge in [0.1, 0.15) is 5.76 Å². The van der Waals surface area contributed by atoms with Gasteiger partial charge in [-0.25, -0.2) is 4.98 Å². The molecule has 1 aromatic heterocycles. The van der Waals surface area contributed by atoms with E-state index in [1.54, 1.807) is 6.20 Å². The molecule has 3 rings (SSSR count). The predicted octanol–water partition coefficient (Wildman–Crippen LogP) is 4.34. The molecule has 0 radical (unpaired) electrons. The van der Waals surface area contributed by atoms with Crippen molar-refractivity contribution < 1.29 is 4.42 Å². The molecule has 4 heteroatoms. The highest BCUT2D eigenvalue weighted by molar-refractivity contribution is 9.10. The molecule has 0 amide bonds. The lowest BCUT2D eigenvalue weighted by molar-refractivity contribution is 0.254. The average Bonchev–Trinajstić information content (AvgIpc) is 2.80. The zero-order chi connectivity index (χ0) is 14.1. The van der Waals surface area contributed by atoms with E-state index in [2.05, 4.69) is 57.4 Å². The van der Waals surface area contributed by atoms with Crippen LogP contribution in [0.2, 0.25) is 0 Å². The van der Waals surface area contributed by atoms with Gasteiger partial charge in [-0.1, -0.05) is 28.1 Å². The van der Waals surface area contributed by atoms with Gasteiger partial charge in [0.05, 0.1) is 12.2 Å². The minimum absolute atomic E-state index is 0.178. The molecular weight excluding hydrogens is 316 g/mol. The second kappa shape index (κ2) is 5.70. The third-order valence-corrected chi connectivity index (χ3v) is 4.45. The summed E-state index contributed by atoms with van der Waals surface area (Å²) < 4.78 is 6.72. The van der Waals surface area contributed by atoms with Crippen molar-refractivity contribution in [3.05, 3.63) is 52.1 Å². The van der Waals surface area contributed by atoms with Crippen LogP contribution in [0.15, 0.2) is 39.4 Å². The summed E-state index contributed by atoms with van der Waals surface area (Å²) in [6, 6.07) is 9.36. The van der Waals surface area contributed by atoms with E-state index in [9.17, 15) is 0 Å². The molecular formula is C16H19BrN2O. The number of aromatic nitrogens is 1. The molecule has 1 atom stereocenters. The van der Waals surface area contributed by atoms with Gasteiger partial charge in [-0.05, 0) is 50.3 Å². The standard InChI is InChI=1S/C16H19BrN2O/c1-10-9-18-16(20-10)11(2)19-15-7-13(8-15)12-4-3-5-14(17)6-12/h3-6,9,11,13,15,19H,7-8H2,1-2H3. The maximum absolute atomic E-state index is 5.56. The number of oxazole rings is 1. The molecule has 20 heavy (non-hydrogen) atoms. The van der Waals surface area contributed by atoms with Crippen molar-refractivity contribution in [2.45, 2.75) is 44.7 Å². The number of hydrogen-bond acceptors (Lipinski definition) is 3. The highest BCUT2D eigenvalue weighted by atomic mass is 79.9. The van der Waals surface area contributed by atoms with Crippen molar-refractivity contribution in [2.24, 2.45) is 0 Å². The van der Waals surface area contributed by atoms with Crippen molar-refractivity contribution in [1.29, 1.82) is 0 Å². The first-order valence-electron chi connectivity index (χ1n) is 7.05. The van der Waals surface area contributed by atoms with Gasteiger partial charge in [-0.15, -0.1) is 0 Å². The van der Waals surface area contributed by atoms with Crippen LogP contribution >= 0.6 is 15.9 Å². The molecule has 1 saturated carbocycles. The third-order valence-electron chi connectivity index (χ3n) is 3.95. The normalized spacial score (nSPS) is 23.4. The highest BCUT2D eigenvalue weighted by Gasteiger charge is 2.31. The van der Waals surface area contributed by atoms with E-state index in [4.69, 9.17) is 4.42 Å². The summed E-state index contributed by atoms with van der Waals surface area (Å²) in [7, 11) is 0. The fourth-order valence-electron chi connectivity index (χ4n) is 2.78. The largest absolute Gasteiger partial charge is 0.444 e. The topological polar surface area (TPSA) is 38.1 Å². The van der Waals surface area contributed by atoms with Crippen LogP contribution in [0.5, 0.6) is 0 Å². The summed E-state index contributed by atoms with van der Waals surface area (Å²) in [6.45, 7) is 4.04. The van der Waals surface area contributed by atoms with Crippen LogP contribution in [0.1, 0.15) is 48.9 Å². The Bertz CT molecular complexity index is 590. The molecule has 1 aromatic carbocycles. The van der Waals surface area contributed by atoms with Crippen molar-refractivity contribution >= 4 is 15.9 Å². The number of aryl methyl sites for hydroxylation is 1. The maximum atomic E-state index is 5.56. The van der Waals surface area contributed by atoms with Crippen LogP contribution in [0.3, 0.4) is 0 Å². The quantitative estimate of drug-likeness (QED) is 0.903. The number of rotatable bonds is 4. The lowest BCUT2D eigenvalue weighted by atomic mass is 9.75. The first kappa shape index (κ1) is 13.8. The summed E-state index contributed by atoms with van der Waals surface area (Å²) >= 11 is 3.54. The number of nitrogens with zero attached hydrogens (tertiary/aromatic N) is 1. The Balaban J connectivity index is 1.53. The Morgan fingerprint density at radius 1 is 1.40 bits per heavy atom. The van der Waals surface area contributed by atoms with E-state index in [1.807, 2.05) is 6.92 Å². The van der Waals surface area contributed by atoms with Gasteiger partial charge in [0.25, 0.3) is 0 Å². The van der Waals surface area contributed by atoms with Crippen molar-refractivity contribution in [3.8, 4) is 0 Å². The van der Waals surface area contributed by atoms with Crippen LogP contribution in [-0.4, -0.2) is 11.0 Å². The molecule has 1 heterocycles. The number of benzene rings is 1. The molecule has 1 N–H and O–H groups in total. The fourth-order valence-corrected chi connectivity index (χ4v) is 3.20. The maximum Gasteiger partial charge on any atom is 0.211 e. The van der Waals surface area contributed by atoms with Gasteiger partial charge in [-0.2, -0.15) is 0 Å². The minimum Gasteiger partial charge on any atom is -0.444 e. The second-order valence-corrected chi connectivity index (χ2v) is 6.53. The van der Waals surface area contributed by atoms with Crippen LogP contribution < -0.4 is 5.32 Å². The van der Waals surface area contributed by atoms with E-state index >= 15 is 0 Å². The second-order valence-electron chi connectivity index (χ2n) is 5.62. The average molecular weight is 335 g/mol. The minimum atomic E-state index is 0.178. The molecule has 0 saturated heterocycles. The zero-order valence-corrected chi connectivity index (χ0v) is 13.4. The van der Waals surface area contributed by atoms with E-state index in [0.29, 0.717) is 12.0 Å². The molecule has 106 valence electrons. The van der Waals surface area contributed by atoms with Crippen molar-refractivity contribution in [1.82, 2.24) is 10.3 Å². The van der Waals surface area contributed by atoms with Crippen LogP contribution in [0.25, 0.3) is 0 Å². The smallest absolute Gasteiger partial charge is 0.211 e. The van der Waals surface area contributed by atoms with E-state index < -0.39 is 0 Å². The Labute approximate surface area is 127 Å². The van der Waals surface area contributed by atoms with Gasteiger partial charge in [-0.3, -0.25) is 0 Å². The molecule has 1 fully saturated rings.